The van der Waals surface area contributed by atoms with Gasteiger partial charge in [0.05, 0.1) is 11.6 Å². The van der Waals surface area contributed by atoms with Gasteiger partial charge in [0.15, 0.2) is 0 Å². The van der Waals surface area contributed by atoms with E-state index in [0.717, 1.165) is 21.3 Å². The Kier molecular flexibility index (Phi) is 5.09. The van der Waals surface area contributed by atoms with Gasteiger partial charge >= 0.3 is 6.03 Å². The highest BCUT2D eigenvalue weighted by Crippen LogP contribution is 2.52. The first kappa shape index (κ1) is 19.5. The summed E-state index contributed by atoms with van der Waals surface area (Å²) in [6.07, 6.45) is 0. The summed E-state index contributed by atoms with van der Waals surface area (Å²) in [5.41, 5.74) is 4.33. The van der Waals surface area contributed by atoms with E-state index in [1.807, 2.05) is 55.5 Å². The first-order valence-electron chi connectivity index (χ1n) is 9.55. The van der Waals surface area contributed by atoms with Gasteiger partial charge in [-0.05, 0) is 50.6 Å². The van der Waals surface area contributed by atoms with Gasteiger partial charge in [-0.1, -0.05) is 64.0 Å². The van der Waals surface area contributed by atoms with Crippen LogP contribution in [0.2, 0.25) is 0 Å². The molecule has 0 spiro atoms. The Labute approximate surface area is 179 Å². The topological polar surface area (TPSA) is 50.4 Å². The molecule has 29 heavy (non-hydrogen) atoms. The van der Waals surface area contributed by atoms with E-state index in [1.54, 1.807) is 0 Å². The minimum Gasteiger partial charge on any atom is -0.484 e. The molecule has 3 aromatic rings. The maximum Gasteiger partial charge on any atom is 0.323 e. The van der Waals surface area contributed by atoms with E-state index in [9.17, 15) is 4.79 Å². The minimum atomic E-state index is -0.436. The number of ether oxygens (including phenoxy) is 1. The molecule has 1 heterocycles. The highest BCUT2D eigenvalue weighted by atomic mass is 79.9. The first-order valence-corrected chi connectivity index (χ1v) is 10.3. The largest absolute Gasteiger partial charge is 0.484 e. The average molecular weight is 451 g/mol. The molecule has 148 valence electrons. The second-order valence-corrected chi connectivity index (χ2v) is 8.78. The molecule has 1 aliphatic rings. The van der Waals surface area contributed by atoms with E-state index in [1.165, 1.54) is 5.56 Å². The molecule has 2 amide bonds. The molecule has 3 aromatic carbocycles. The highest BCUT2D eigenvalue weighted by molar-refractivity contribution is 9.10. The molecular weight excluding hydrogens is 428 g/mol. The molecule has 0 fully saturated rings. The standard InChI is InChI=1S/C24H23BrN2O2/c1-15-9-11-18(12-10-15)26-23(28)27-20-14-17(25)13-19-21(16-7-5-4-6-8-16)24(2,3)29-22(19)20/h4-14,21H,1-3H3,(H2,26,27,28). The van der Waals surface area contributed by atoms with Crippen molar-refractivity contribution in [2.75, 3.05) is 10.6 Å². The van der Waals surface area contributed by atoms with E-state index in [2.05, 4.69) is 58.6 Å². The Morgan fingerprint density at radius 3 is 2.38 bits per heavy atom. The molecule has 0 aromatic heterocycles. The zero-order valence-electron chi connectivity index (χ0n) is 16.6. The molecule has 2 N–H and O–H groups in total. The van der Waals surface area contributed by atoms with E-state index in [4.69, 9.17) is 4.74 Å². The van der Waals surface area contributed by atoms with Crippen LogP contribution < -0.4 is 15.4 Å². The van der Waals surface area contributed by atoms with Gasteiger partial charge < -0.3 is 15.4 Å². The van der Waals surface area contributed by atoms with Gasteiger partial charge in [0.2, 0.25) is 0 Å². The fourth-order valence-electron chi connectivity index (χ4n) is 3.88. The van der Waals surface area contributed by atoms with Crippen LogP contribution in [-0.2, 0) is 0 Å². The van der Waals surface area contributed by atoms with Crippen molar-refractivity contribution in [2.45, 2.75) is 32.3 Å². The van der Waals surface area contributed by atoms with Crippen molar-refractivity contribution in [3.63, 3.8) is 0 Å². The number of carbonyl (C=O) groups excluding carboxylic acids is 1. The number of urea groups is 1. The third-order valence-electron chi connectivity index (χ3n) is 5.14. The first-order chi connectivity index (χ1) is 13.8. The van der Waals surface area contributed by atoms with Crippen molar-refractivity contribution in [1.29, 1.82) is 0 Å². The van der Waals surface area contributed by atoms with Crippen LogP contribution in [0.5, 0.6) is 5.75 Å². The van der Waals surface area contributed by atoms with Crippen molar-refractivity contribution in [3.05, 3.63) is 87.9 Å². The zero-order valence-corrected chi connectivity index (χ0v) is 18.2. The Morgan fingerprint density at radius 1 is 1.00 bits per heavy atom. The average Bonchev–Trinajstić information content (AvgIpc) is 2.94. The Hall–Kier alpha value is -2.79. The van der Waals surface area contributed by atoms with Gasteiger partial charge in [0.25, 0.3) is 0 Å². The summed E-state index contributed by atoms with van der Waals surface area (Å²) in [6, 6.07) is 21.6. The molecule has 1 unspecified atom stereocenters. The van der Waals surface area contributed by atoms with Crippen LogP contribution in [0, 0.1) is 6.92 Å². The fourth-order valence-corrected chi connectivity index (χ4v) is 4.36. The smallest absolute Gasteiger partial charge is 0.323 e. The third-order valence-corrected chi connectivity index (χ3v) is 5.60. The Bertz CT molecular complexity index is 1050. The maximum absolute atomic E-state index is 12.6. The third kappa shape index (κ3) is 4.01. The SMILES string of the molecule is Cc1ccc(NC(=O)Nc2cc(Br)cc3c2OC(C)(C)C3c2ccccc2)cc1. The van der Waals surface area contributed by atoms with Gasteiger partial charge in [-0.2, -0.15) is 0 Å². The monoisotopic (exact) mass is 450 g/mol. The van der Waals surface area contributed by atoms with Crippen molar-refractivity contribution in [1.82, 2.24) is 0 Å². The van der Waals surface area contributed by atoms with Crippen molar-refractivity contribution in [2.24, 2.45) is 0 Å². The number of hydrogen-bond acceptors (Lipinski definition) is 2. The molecule has 1 atom stereocenters. The van der Waals surface area contributed by atoms with Gasteiger partial charge in [0.1, 0.15) is 11.4 Å². The van der Waals surface area contributed by atoms with E-state index >= 15 is 0 Å². The van der Waals surface area contributed by atoms with Gasteiger partial charge in [-0.3, -0.25) is 0 Å². The van der Waals surface area contributed by atoms with Crippen LogP contribution in [0.15, 0.2) is 71.2 Å². The number of carbonyl (C=O) groups is 1. The molecule has 0 aliphatic carbocycles. The van der Waals surface area contributed by atoms with Crippen molar-refractivity contribution in [3.8, 4) is 5.75 Å². The van der Waals surface area contributed by atoms with E-state index in [0.29, 0.717) is 11.4 Å². The lowest BCUT2D eigenvalue weighted by Gasteiger charge is -2.26. The van der Waals surface area contributed by atoms with Crippen LogP contribution in [0.4, 0.5) is 16.2 Å². The number of benzene rings is 3. The van der Waals surface area contributed by atoms with Gasteiger partial charge in [-0.25, -0.2) is 4.79 Å². The van der Waals surface area contributed by atoms with E-state index in [-0.39, 0.29) is 11.9 Å². The number of fused-ring (bicyclic) bond motifs is 1. The number of aryl methyl sites for hydroxylation is 1. The summed E-state index contributed by atoms with van der Waals surface area (Å²) in [4.78, 5) is 12.6. The molecule has 4 rings (SSSR count). The van der Waals surface area contributed by atoms with Crippen LogP contribution in [0.3, 0.4) is 0 Å². The summed E-state index contributed by atoms with van der Waals surface area (Å²) in [5, 5.41) is 5.82. The van der Waals surface area contributed by atoms with Crippen molar-refractivity contribution >= 4 is 33.3 Å². The summed E-state index contributed by atoms with van der Waals surface area (Å²) in [7, 11) is 0. The van der Waals surface area contributed by atoms with Crippen molar-refractivity contribution < 1.29 is 9.53 Å². The lowest BCUT2D eigenvalue weighted by atomic mass is 9.81. The summed E-state index contributed by atoms with van der Waals surface area (Å²) >= 11 is 3.59. The van der Waals surface area contributed by atoms with Gasteiger partial charge in [-0.15, -0.1) is 0 Å². The normalized spacial score (nSPS) is 16.6. The second-order valence-electron chi connectivity index (χ2n) is 7.87. The molecule has 4 nitrogen and oxygen atoms in total. The van der Waals surface area contributed by atoms with Crippen LogP contribution in [-0.4, -0.2) is 11.6 Å². The number of anilines is 2. The lowest BCUT2D eigenvalue weighted by molar-refractivity contribution is 0.123. The molecular formula is C24H23BrN2O2. The number of rotatable bonds is 3. The molecule has 0 saturated heterocycles. The number of hydrogen-bond donors (Lipinski definition) is 2. The number of halogens is 1. The second kappa shape index (κ2) is 7.56. The highest BCUT2D eigenvalue weighted by Gasteiger charge is 2.43. The minimum absolute atomic E-state index is 0.0666. The Morgan fingerprint density at radius 2 is 1.69 bits per heavy atom. The predicted octanol–water partition coefficient (Wildman–Crippen LogP) is 6.70. The van der Waals surface area contributed by atoms with Gasteiger partial charge in [0, 0.05) is 15.7 Å². The summed E-state index contributed by atoms with van der Waals surface area (Å²) in [5.74, 6) is 0.781. The molecule has 0 bridgehead atoms. The molecule has 0 saturated carbocycles. The van der Waals surface area contributed by atoms with Crippen LogP contribution >= 0.6 is 15.9 Å². The van der Waals surface area contributed by atoms with Crippen LogP contribution in [0.25, 0.3) is 0 Å². The van der Waals surface area contributed by atoms with Crippen LogP contribution in [0.1, 0.15) is 36.5 Å². The zero-order chi connectivity index (χ0) is 20.6. The summed E-state index contributed by atoms with van der Waals surface area (Å²) < 4.78 is 7.24. The Balaban J connectivity index is 1.65. The van der Waals surface area contributed by atoms with E-state index < -0.39 is 5.60 Å². The quantitative estimate of drug-likeness (QED) is 0.465. The summed E-state index contributed by atoms with van der Waals surface area (Å²) in [6.45, 7) is 6.17. The number of amides is 2. The number of nitrogens with one attached hydrogen (secondary N) is 2. The molecule has 0 radical (unpaired) electrons. The molecule has 5 heteroatoms. The molecule has 1 aliphatic heterocycles. The fraction of sp³-hybridized carbons (Fsp3) is 0.208. The predicted molar refractivity (Wildman–Crippen MR) is 121 cm³/mol. The maximum atomic E-state index is 12.6. The lowest BCUT2D eigenvalue weighted by Crippen LogP contribution is -2.31.